The summed E-state index contributed by atoms with van der Waals surface area (Å²) in [5, 5.41) is 0. The molecule has 1 atom stereocenters. The fraction of sp³-hybridized carbons (Fsp3) is 0.467. The second kappa shape index (κ2) is 6.91. The van der Waals surface area contributed by atoms with Crippen molar-refractivity contribution in [3.63, 3.8) is 0 Å². The molecule has 0 spiro atoms. The van der Waals surface area contributed by atoms with Crippen molar-refractivity contribution < 1.29 is 18.0 Å². The lowest BCUT2D eigenvalue weighted by Crippen LogP contribution is -2.43. The first-order valence-corrected chi connectivity index (χ1v) is 8.93. The van der Waals surface area contributed by atoms with E-state index in [0.717, 1.165) is 5.56 Å². The third-order valence-electron chi connectivity index (χ3n) is 3.87. The highest BCUT2D eigenvalue weighted by molar-refractivity contribution is 7.91. The topological polar surface area (TPSA) is 74.8 Å². The van der Waals surface area contributed by atoms with Gasteiger partial charge in [-0.1, -0.05) is 30.3 Å². The maximum absolute atomic E-state index is 12.2. The molecule has 1 saturated heterocycles. The minimum atomic E-state index is -3.03. The highest BCUT2D eigenvalue weighted by Gasteiger charge is 2.32. The van der Waals surface area contributed by atoms with E-state index in [2.05, 4.69) is 0 Å². The van der Waals surface area contributed by atoms with Crippen molar-refractivity contribution in [2.45, 2.75) is 19.0 Å². The second-order valence-corrected chi connectivity index (χ2v) is 7.79. The van der Waals surface area contributed by atoms with Crippen LogP contribution in [0, 0.1) is 0 Å². The minimum Gasteiger partial charge on any atom is -0.340 e. The van der Waals surface area contributed by atoms with Gasteiger partial charge in [0, 0.05) is 19.6 Å². The Morgan fingerprint density at radius 3 is 2.55 bits per heavy atom. The molecule has 6 nitrogen and oxygen atoms in total. The SMILES string of the molecule is CN(C(=O)CN(C=O)Cc1ccccc1)[C@H]1CCS(=O)(=O)C1. The molecule has 0 aliphatic carbocycles. The standard InChI is InChI=1S/C15H20N2O4S/c1-16(14-7-8-22(20,21)11-14)15(19)10-17(12-18)9-13-5-3-2-4-6-13/h2-6,12,14H,7-11H2,1H3/t14-/m0/s1. The third kappa shape index (κ3) is 4.30. The minimum absolute atomic E-state index is 0.00894. The highest BCUT2D eigenvalue weighted by atomic mass is 32.2. The highest BCUT2D eigenvalue weighted by Crippen LogP contribution is 2.16. The van der Waals surface area contributed by atoms with Gasteiger partial charge in [-0.2, -0.15) is 0 Å². The van der Waals surface area contributed by atoms with Gasteiger partial charge in [-0.25, -0.2) is 8.42 Å². The van der Waals surface area contributed by atoms with E-state index in [-0.39, 0.29) is 30.0 Å². The zero-order chi connectivity index (χ0) is 16.2. The van der Waals surface area contributed by atoms with Gasteiger partial charge < -0.3 is 9.80 Å². The number of rotatable bonds is 6. The smallest absolute Gasteiger partial charge is 0.242 e. The molecule has 0 saturated carbocycles. The molecular weight excluding hydrogens is 304 g/mol. The number of sulfone groups is 1. The van der Waals surface area contributed by atoms with Gasteiger partial charge >= 0.3 is 0 Å². The molecule has 1 aromatic rings. The molecule has 0 aromatic heterocycles. The van der Waals surface area contributed by atoms with Crippen LogP contribution in [0.2, 0.25) is 0 Å². The first kappa shape index (κ1) is 16.5. The van der Waals surface area contributed by atoms with E-state index >= 15 is 0 Å². The molecular formula is C15H20N2O4S. The van der Waals surface area contributed by atoms with Crippen LogP contribution in [0.3, 0.4) is 0 Å². The average Bonchev–Trinajstić information content (AvgIpc) is 2.86. The number of hydrogen-bond donors (Lipinski definition) is 0. The summed E-state index contributed by atoms with van der Waals surface area (Å²) in [7, 11) is -1.44. The fourth-order valence-electron chi connectivity index (χ4n) is 2.52. The molecule has 0 bridgehead atoms. The largest absolute Gasteiger partial charge is 0.340 e. The van der Waals surface area contributed by atoms with Crippen LogP contribution in [0.1, 0.15) is 12.0 Å². The summed E-state index contributed by atoms with van der Waals surface area (Å²) in [5.74, 6) is -0.115. The fourth-order valence-corrected chi connectivity index (χ4v) is 4.29. The Morgan fingerprint density at radius 2 is 2.00 bits per heavy atom. The first-order valence-electron chi connectivity index (χ1n) is 7.10. The van der Waals surface area contributed by atoms with Crippen molar-refractivity contribution in [3.05, 3.63) is 35.9 Å². The number of benzene rings is 1. The van der Waals surface area contributed by atoms with Gasteiger partial charge in [0.05, 0.1) is 18.1 Å². The number of carbonyl (C=O) groups excluding carboxylic acids is 2. The van der Waals surface area contributed by atoms with Crippen molar-refractivity contribution in [2.75, 3.05) is 25.1 Å². The second-order valence-electron chi connectivity index (χ2n) is 5.56. The molecule has 1 fully saturated rings. The van der Waals surface area contributed by atoms with Crippen LogP contribution >= 0.6 is 0 Å². The third-order valence-corrected chi connectivity index (χ3v) is 5.62. The van der Waals surface area contributed by atoms with Crippen LogP contribution < -0.4 is 0 Å². The van der Waals surface area contributed by atoms with Crippen molar-refractivity contribution in [2.24, 2.45) is 0 Å². The van der Waals surface area contributed by atoms with Gasteiger partial charge in [0.1, 0.15) is 0 Å². The van der Waals surface area contributed by atoms with E-state index in [0.29, 0.717) is 19.4 Å². The Labute approximate surface area is 130 Å². The van der Waals surface area contributed by atoms with Crippen LogP contribution in [0.5, 0.6) is 0 Å². The van der Waals surface area contributed by atoms with Crippen LogP contribution in [-0.2, 0) is 26.0 Å². The summed E-state index contributed by atoms with van der Waals surface area (Å²) in [6.45, 7) is 0.304. The summed E-state index contributed by atoms with van der Waals surface area (Å²) in [6.07, 6.45) is 1.11. The van der Waals surface area contributed by atoms with E-state index in [9.17, 15) is 18.0 Å². The lowest BCUT2D eigenvalue weighted by atomic mass is 10.2. The van der Waals surface area contributed by atoms with Crippen LogP contribution in [0.25, 0.3) is 0 Å². The van der Waals surface area contributed by atoms with Gasteiger partial charge in [0.25, 0.3) is 0 Å². The Balaban J connectivity index is 1.93. The van der Waals surface area contributed by atoms with Gasteiger partial charge in [-0.05, 0) is 12.0 Å². The summed E-state index contributed by atoms with van der Waals surface area (Å²) >= 11 is 0. The van der Waals surface area contributed by atoms with E-state index in [1.807, 2.05) is 30.3 Å². The zero-order valence-corrected chi connectivity index (χ0v) is 13.3. The predicted octanol–water partition coefficient (Wildman–Crippen LogP) is 0.290. The molecule has 0 radical (unpaired) electrons. The Hall–Kier alpha value is -1.89. The van der Waals surface area contributed by atoms with Crippen LogP contribution in [0.15, 0.2) is 30.3 Å². The Kier molecular flexibility index (Phi) is 5.18. The monoisotopic (exact) mass is 324 g/mol. The molecule has 0 unspecified atom stereocenters. The number of carbonyl (C=O) groups is 2. The molecule has 1 aliphatic rings. The van der Waals surface area contributed by atoms with Crippen molar-refractivity contribution >= 4 is 22.2 Å². The zero-order valence-electron chi connectivity index (χ0n) is 12.5. The number of likely N-dealkylation sites (N-methyl/N-ethyl adjacent to an activating group) is 1. The van der Waals surface area contributed by atoms with Gasteiger partial charge in [0.15, 0.2) is 9.84 Å². The molecule has 7 heteroatoms. The average molecular weight is 324 g/mol. The van der Waals surface area contributed by atoms with Crippen LogP contribution in [-0.4, -0.2) is 61.7 Å². The Bertz CT molecular complexity index is 630. The summed E-state index contributed by atoms with van der Waals surface area (Å²) < 4.78 is 23.0. The molecule has 2 amide bonds. The first-order chi connectivity index (χ1) is 10.4. The Morgan fingerprint density at radius 1 is 1.32 bits per heavy atom. The van der Waals surface area contributed by atoms with Crippen molar-refractivity contribution in [1.29, 1.82) is 0 Å². The van der Waals surface area contributed by atoms with E-state index in [1.54, 1.807) is 7.05 Å². The van der Waals surface area contributed by atoms with Gasteiger partial charge in [-0.3, -0.25) is 9.59 Å². The van der Waals surface area contributed by atoms with Crippen LogP contribution in [0.4, 0.5) is 0 Å². The molecule has 1 aliphatic heterocycles. The lowest BCUT2D eigenvalue weighted by Gasteiger charge is -2.26. The lowest BCUT2D eigenvalue weighted by molar-refractivity contribution is -0.136. The predicted molar refractivity (Wildman–Crippen MR) is 82.7 cm³/mol. The van der Waals surface area contributed by atoms with E-state index in [4.69, 9.17) is 0 Å². The maximum atomic E-state index is 12.2. The number of nitrogens with zero attached hydrogens (tertiary/aromatic N) is 2. The van der Waals surface area contributed by atoms with E-state index < -0.39 is 9.84 Å². The summed E-state index contributed by atoms with van der Waals surface area (Å²) in [5.41, 5.74) is 0.938. The molecule has 22 heavy (non-hydrogen) atoms. The van der Waals surface area contributed by atoms with Crippen molar-refractivity contribution in [3.8, 4) is 0 Å². The van der Waals surface area contributed by atoms with Crippen molar-refractivity contribution in [1.82, 2.24) is 9.80 Å². The normalized spacial score (nSPS) is 19.6. The molecule has 2 rings (SSSR count). The van der Waals surface area contributed by atoms with Gasteiger partial charge in [0.2, 0.25) is 12.3 Å². The number of amides is 2. The quantitative estimate of drug-likeness (QED) is 0.705. The van der Waals surface area contributed by atoms with Gasteiger partial charge in [-0.15, -0.1) is 0 Å². The molecule has 1 aromatic carbocycles. The maximum Gasteiger partial charge on any atom is 0.242 e. The summed E-state index contributed by atoms with van der Waals surface area (Å²) in [6, 6.07) is 9.10. The molecule has 1 heterocycles. The molecule has 0 N–H and O–H groups in total. The molecule has 120 valence electrons. The number of hydrogen-bond acceptors (Lipinski definition) is 4. The summed E-state index contributed by atoms with van der Waals surface area (Å²) in [4.78, 5) is 26.2. The van der Waals surface area contributed by atoms with E-state index in [1.165, 1.54) is 9.80 Å².